The lowest BCUT2D eigenvalue weighted by molar-refractivity contribution is 0.441. The van der Waals surface area contributed by atoms with E-state index in [-0.39, 0.29) is 10.4 Å². The van der Waals surface area contributed by atoms with E-state index in [2.05, 4.69) is 21.2 Å². The second-order valence-corrected chi connectivity index (χ2v) is 4.58. The number of rotatable bonds is 1. The summed E-state index contributed by atoms with van der Waals surface area (Å²) in [6.07, 6.45) is 1.82. The zero-order chi connectivity index (χ0) is 10.8. The fourth-order valence-electron chi connectivity index (χ4n) is 1.99. The minimum atomic E-state index is -0.537. The molecule has 82 valence electrons. The van der Waals surface area contributed by atoms with Crippen LogP contribution in [0.5, 0.6) is 0 Å². The average Bonchev–Trinajstić information content (AvgIpc) is 2.27. The molecule has 0 radical (unpaired) electrons. The van der Waals surface area contributed by atoms with Crippen molar-refractivity contribution in [2.24, 2.45) is 0 Å². The number of hydrogen-bond donors (Lipinski definition) is 1. The first-order chi connectivity index (χ1) is 7.20. The van der Waals surface area contributed by atoms with E-state index in [4.69, 9.17) is 0 Å². The summed E-state index contributed by atoms with van der Waals surface area (Å²) in [5.41, 5.74) is 0.629. The molecule has 15 heavy (non-hydrogen) atoms. The summed E-state index contributed by atoms with van der Waals surface area (Å²) in [5.74, 6) is -0.768. The molecule has 0 saturated carbocycles. The topological polar surface area (TPSA) is 12.0 Å². The predicted octanol–water partition coefficient (Wildman–Crippen LogP) is 3.19. The van der Waals surface area contributed by atoms with Gasteiger partial charge in [-0.3, -0.25) is 0 Å². The Hall–Kier alpha value is -0.480. The van der Waals surface area contributed by atoms with Crippen molar-refractivity contribution in [2.45, 2.75) is 18.8 Å². The van der Waals surface area contributed by atoms with Gasteiger partial charge in [-0.05, 0) is 59.4 Å². The van der Waals surface area contributed by atoms with E-state index < -0.39 is 11.6 Å². The van der Waals surface area contributed by atoms with Crippen LogP contribution in [0.4, 0.5) is 8.78 Å². The molecule has 0 spiro atoms. The Morgan fingerprint density at radius 1 is 1.20 bits per heavy atom. The molecule has 0 unspecified atom stereocenters. The largest absolute Gasteiger partial charge is 0.317 e. The summed E-state index contributed by atoms with van der Waals surface area (Å²) in [5, 5.41) is 3.22. The van der Waals surface area contributed by atoms with Crippen LogP contribution in [0, 0.1) is 11.6 Å². The molecule has 1 aliphatic rings. The third kappa shape index (κ3) is 2.21. The Morgan fingerprint density at radius 2 is 1.87 bits per heavy atom. The van der Waals surface area contributed by atoms with Gasteiger partial charge in [-0.1, -0.05) is 6.07 Å². The molecule has 1 nitrogen and oxygen atoms in total. The third-order valence-electron chi connectivity index (χ3n) is 2.84. The van der Waals surface area contributed by atoms with Crippen LogP contribution in [-0.2, 0) is 0 Å². The van der Waals surface area contributed by atoms with Gasteiger partial charge in [0.05, 0.1) is 4.47 Å². The van der Waals surface area contributed by atoms with Crippen molar-refractivity contribution < 1.29 is 8.78 Å². The Morgan fingerprint density at radius 3 is 2.53 bits per heavy atom. The van der Waals surface area contributed by atoms with E-state index >= 15 is 0 Å². The van der Waals surface area contributed by atoms with Gasteiger partial charge in [-0.2, -0.15) is 0 Å². The van der Waals surface area contributed by atoms with Gasteiger partial charge in [0, 0.05) is 0 Å². The first-order valence-corrected chi connectivity index (χ1v) is 5.83. The lowest BCUT2D eigenvalue weighted by atomic mass is 9.90. The molecule has 0 atom stereocenters. The van der Waals surface area contributed by atoms with Crippen LogP contribution in [0.25, 0.3) is 0 Å². The summed E-state index contributed by atoms with van der Waals surface area (Å²) >= 11 is 2.93. The zero-order valence-corrected chi connectivity index (χ0v) is 9.78. The van der Waals surface area contributed by atoms with Gasteiger partial charge in [0.1, 0.15) is 11.6 Å². The summed E-state index contributed by atoms with van der Waals surface area (Å²) in [6, 6.07) is 2.88. The van der Waals surface area contributed by atoms with Crippen molar-refractivity contribution in [1.82, 2.24) is 5.32 Å². The van der Waals surface area contributed by atoms with Gasteiger partial charge in [0.2, 0.25) is 0 Å². The van der Waals surface area contributed by atoms with Crippen LogP contribution in [0.1, 0.15) is 24.3 Å². The molecule has 1 N–H and O–H groups in total. The third-order valence-corrected chi connectivity index (χ3v) is 3.57. The first kappa shape index (κ1) is 11.0. The molecule has 4 heteroatoms. The zero-order valence-electron chi connectivity index (χ0n) is 8.19. The standard InChI is InChI=1S/C11H12BrF2N/c12-10-9(13)2-1-8(11(10)14)7-3-5-15-6-4-7/h1-2,7,15H,3-6H2. The molecule has 1 aromatic rings. The number of nitrogens with one attached hydrogen (secondary N) is 1. The van der Waals surface area contributed by atoms with Crippen LogP contribution < -0.4 is 5.32 Å². The highest BCUT2D eigenvalue weighted by atomic mass is 79.9. The Kier molecular flexibility index (Phi) is 3.36. The Bertz CT molecular complexity index is 362. The second kappa shape index (κ2) is 4.58. The predicted molar refractivity (Wildman–Crippen MR) is 58.9 cm³/mol. The van der Waals surface area contributed by atoms with E-state index in [0.717, 1.165) is 25.9 Å². The molecule has 0 amide bonds. The maximum atomic E-state index is 13.7. The van der Waals surface area contributed by atoms with Crippen LogP contribution in [-0.4, -0.2) is 13.1 Å². The van der Waals surface area contributed by atoms with E-state index in [1.165, 1.54) is 6.07 Å². The van der Waals surface area contributed by atoms with Crippen LogP contribution >= 0.6 is 15.9 Å². The highest BCUT2D eigenvalue weighted by molar-refractivity contribution is 9.10. The monoisotopic (exact) mass is 275 g/mol. The molecule has 1 fully saturated rings. The fourth-order valence-corrected chi connectivity index (χ4v) is 2.35. The SMILES string of the molecule is Fc1ccc(C2CCNCC2)c(F)c1Br. The van der Waals surface area contributed by atoms with Crippen LogP contribution in [0.2, 0.25) is 0 Å². The van der Waals surface area contributed by atoms with Gasteiger partial charge in [0.25, 0.3) is 0 Å². The smallest absolute Gasteiger partial charge is 0.143 e. The lowest BCUT2D eigenvalue weighted by Crippen LogP contribution is -2.27. The molecular formula is C11H12BrF2N. The summed E-state index contributed by atoms with van der Waals surface area (Å²) < 4.78 is 26.7. The van der Waals surface area contributed by atoms with Gasteiger partial charge >= 0.3 is 0 Å². The highest BCUT2D eigenvalue weighted by Gasteiger charge is 2.21. The van der Waals surface area contributed by atoms with Crippen molar-refractivity contribution in [3.05, 3.63) is 33.8 Å². The lowest BCUT2D eigenvalue weighted by Gasteiger charge is -2.23. The molecule has 0 aromatic heterocycles. The van der Waals surface area contributed by atoms with Crippen molar-refractivity contribution >= 4 is 15.9 Å². The molecule has 1 heterocycles. The molecular weight excluding hydrogens is 264 g/mol. The van der Waals surface area contributed by atoms with Crippen molar-refractivity contribution in [3.63, 3.8) is 0 Å². The molecule has 1 aliphatic heterocycles. The molecule has 0 aliphatic carbocycles. The molecule has 0 bridgehead atoms. The van der Waals surface area contributed by atoms with E-state index in [1.807, 2.05) is 0 Å². The molecule has 1 saturated heterocycles. The van der Waals surface area contributed by atoms with Gasteiger partial charge < -0.3 is 5.32 Å². The van der Waals surface area contributed by atoms with E-state index in [0.29, 0.717) is 5.56 Å². The molecule has 1 aromatic carbocycles. The quantitative estimate of drug-likeness (QED) is 0.777. The van der Waals surface area contributed by atoms with E-state index in [9.17, 15) is 8.78 Å². The second-order valence-electron chi connectivity index (χ2n) is 3.79. The van der Waals surface area contributed by atoms with Gasteiger partial charge in [-0.25, -0.2) is 8.78 Å². The minimum Gasteiger partial charge on any atom is -0.317 e. The van der Waals surface area contributed by atoms with Gasteiger partial charge in [-0.15, -0.1) is 0 Å². The first-order valence-electron chi connectivity index (χ1n) is 5.04. The highest BCUT2D eigenvalue weighted by Crippen LogP contribution is 2.31. The number of halogens is 3. The number of benzene rings is 1. The summed E-state index contributed by atoms with van der Waals surface area (Å²) in [7, 11) is 0. The van der Waals surface area contributed by atoms with Crippen molar-refractivity contribution in [3.8, 4) is 0 Å². The molecule has 2 rings (SSSR count). The maximum absolute atomic E-state index is 13.7. The Labute approximate surface area is 96.0 Å². The van der Waals surface area contributed by atoms with Crippen LogP contribution in [0.15, 0.2) is 16.6 Å². The number of hydrogen-bond acceptors (Lipinski definition) is 1. The van der Waals surface area contributed by atoms with E-state index in [1.54, 1.807) is 6.07 Å². The van der Waals surface area contributed by atoms with Crippen molar-refractivity contribution in [2.75, 3.05) is 13.1 Å². The average molecular weight is 276 g/mol. The summed E-state index contributed by atoms with van der Waals surface area (Å²) in [6.45, 7) is 1.80. The van der Waals surface area contributed by atoms with Gasteiger partial charge in [0.15, 0.2) is 0 Å². The normalized spacial score (nSPS) is 18.1. The summed E-state index contributed by atoms with van der Waals surface area (Å²) in [4.78, 5) is 0. The fraction of sp³-hybridized carbons (Fsp3) is 0.455. The van der Waals surface area contributed by atoms with Crippen molar-refractivity contribution in [1.29, 1.82) is 0 Å². The number of piperidine rings is 1. The Balaban J connectivity index is 2.31. The minimum absolute atomic E-state index is 0.0430. The maximum Gasteiger partial charge on any atom is 0.143 e. The van der Waals surface area contributed by atoms with Crippen LogP contribution in [0.3, 0.4) is 0 Å².